The minimum atomic E-state index is -0.836. The summed E-state index contributed by atoms with van der Waals surface area (Å²) in [5, 5.41) is 12.8. The molecule has 6 heteroatoms. The zero-order valence-corrected chi connectivity index (χ0v) is 12.1. The fraction of sp³-hybridized carbons (Fsp3) is 0.923. The number of carboxylic acid groups (broad SMARTS) is 1. The van der Waals surface area contributed by atoms with Gasteiger partial charge in [0.2, 0.25) is 0 Å². The molecular weight excluding hydrogens is 246 g/mol. The number of hydrogen-bond donors (Lipinski definition) is 2. The van der Waals surface area contributed by atoms with Crippen LogP contribution in [0.1, 0.15) is 27.2 Å². The maximum Gasteiger partial charge on any atom is 0.407 e. The predicted molar refractivity (Wildman–Crippen MR) is 72.2 cm³/mol. The van der Waals surface area contributed by atoms with Gasteiger partial charge in [0.25, 0.3) is 0 Å². The van der Waals surface area contributed by atoms with E-state index >= 15 is 0 Å². The molecule has 6 nitrogen and oxygen atoms in total. The normalized spacial score (nSPS) is 32.3. The molecule has 0 saturated carbocycles. The number of nitrogens with one attached hydrogen (secondary N) is 1. The van der Waals surface area contributed by atoms with Crippen molar-refractivity contribution in [3.05, 3.63) is 0 Å². The van der Waals surface area contributed by atoms with Gasteiger partial charge >= 0.3 is 6.09 Å². The third-order valence-corrected chi connectivity index (χ3v) is 4.26. The largest absolute Gasteiger partial charge is 0.465 e. The Morgan fingerprint density at radius 1 is 1.47 bits per heavy atom. The lowest BCUT2D eigenvalue weighted by Gasteiger charge is -2.52. The van der Waals surface area contributed by atoms with Crippen molar-refractivity contribution in [2.24, 2.45) is 0 Å². The Morgan fingerprint density at radius 2 is 2.21 bits per heavy atom. The van der Waals surface area contributed by atoms with E-state index in [2.05, 4.69) is 17.1 Å². The molecule has 2 heterocycles. The number of ether oxygens (including phenoxy) is 1. The molecule has 110 valence electrons. The lowest BCUT2D eigenvalue weighted by molar-refractivity contribution is -0.0874. The molecule has 2 aliphatic heterocycles. The highest BCUT2D eigenvalue weighted by Crippen LogP contribution is 2.26. The van der Waals surface area contributed by atoms with Gasteiger partial charge < -0.3 is 9.84 Å². The summed E-state index contributed by atoms with van der Waals surface area (Å²) in [6, 6.07) is 0. The summed E-state index contributed by atoms with van der Waals surface area (Å²) < 4.78 is 5.69. The van der Waals surface area contributed by atoms with Gasteiger partial charge in [-0.25, -0.2) is 4.79 Å². The fourth-order valence-electron chi connectivity index (χ4n) is 3.14. The molecule has 0 radical (unpaired) electrons. The zero-order valence-electron chi connectivity index (χ0n) is 12.1. The molecular formula is C13H25N3O3. The first-order chi connectivity index (χ1) is 8.96. The van der Waals surface area contributed by atoms with E-state index in [4.69, 9.17) is 4.74 Å². The van der Waals surface area contributed by atoms with E-state index in [0.29, 0.717) is 13.1 Å². The minimum Gasteiger partial charge on any atom is -0.465 e. The van der Waals surface area contributed by atoms with E-state index in [0.717, 1.165) is 26.1 Å². The van der Waals surface area contributed by atoms with Crippen LogP contribution in [0.15, 0.2) is 0 Å². The van der Waals surface area contributed by atoms with Crippen LogP contribution in [0.5, 0.6) is 0 Å². The van der Waals surface area contributed by atoms with Crippen LogP contribution in [0.2, 0.25) is 0 Å². The first-order valence-electron chi connectivity index (χ1n) is 7.06. The molecule has 2 aliphatic rings. The zero-order chi connectivity index (χ0) is 14.0. The van der Waals surface area contributed by atoms with Gasteiger partial charge in [-0.1, -0.05) is 6.92 Å². The number of rotatable bonds is 2. The number of hydrogen-bond acceptors (Lipinski definition) is 4. The Labute approximate surface area is 114 Å². The van der Waals surface area contributed by atoms with Gasteiger partial charge in [0.1, 0.15) is 0 Å². The van der Waals surface area contributed by atoms with Crippen molar-refractivity contribution in [3.63, 3.8) is 0 Å². The first kappa shape index (κ1) is 14.6. The van der Waals surface area contributed by atoms with Gasteiger partial charge in [-0.3, -0.25) is 15.1 Å². The predicted octanol–water partition coefficient (Wildman–Crippen LogP) is 0.785. The summed E-state index contributed by atoms with van der Waals surface area (Å²) in [6.45, 7) is 9.80. The molecule has 0 aromatic heterocycles. The van der Waals surface area contributed by atoms with Crippen molar-refractivity contribution < 1.29 is 14.6 Å². The van der Waals surface area contributed by atoms with Crippen LogP contribution in [0.3, 0.4) is 0 Å². The van der Waals surface area contributed by atoms with E-state index in [9.17, 15) is 9.90 Å². The molecule has 19 heavy (non-hydrogen) atoms. The average molecular weight is 271 g/mol. The van der Waals surface area contributed by atoms with Crippen LogP contribution in [0.4, 0.5) is 4.79 Å². The van der Waals surface area contributed by atoms with Crippen molar-refractivity contribution in [1.82, 2.24) is 15.1 Å². The third-order valence-electron chi connectivity index (χ3n) is 4.26. The molecule has 2 atom stereocenters. The van der Waals surface area contributed by atoms with Gasteiger partial charge in [0.05, 0.1) is 24.4 Å². The summed E-state index contributed by atoms with van der Waals surface area (Å²) in [4.78, 5) is 15.2. The lowest BCUT2D eigenvalue weighted by Crippen LogP contribution is -2.72. The van der Waals surface area contributed by atoms with Gasteiger partial charge in [-0.2, -0.15) is 0 Å². The molecule has 0 spiro atoms. The molecule has 1 amide bonds. The molecule has 0 aromatic carbocycles. The molecule has 0 aliphatic carbocycles. The smallest absolute Gasteiger partial charge is 0.407 e. The van der Waals surface area contributed by atoms with Gasteiger partial charge in [0.15, 0.2) is 0 Å². The Bertz CT molecular complexity index is 335. The summed E-state index contributed by atoms with van der Waals surface area (Å²) in [6.07, 6.45) is 0.463. The Kier molecular flexibility index (Phi) is 4.32. The van der Waals surface area contributed by atoms with Crippen LogP contribution in [0.25, 0.3) is 0 Å². The lowest BCUT2D eigenvalue weighted by atomic mass is 9.94. The van der Waals surface area contributed by atoms with Gasteiger partial charge in [0, 0.05) is 26.2 Å². The minimum absolute atomic E-state index is 0.0512. The van der Waals surface area contributed by atoms with E-state index in [1.165, 1.54) is 0 Å². The highest BCUT2D eigenvalue weighted by atomic mass is 16.5. The number of nitrogens with zero attached hydrogens (tertiary/aromatic N) is 2. The number of piperazine rings is 1. The molecule has 2 fully saturated rings. The molecule has 2 saturated heterocycles. The van der Waals surface area contributed by atoms with Crippen molar-refractivity contribution in [2.45, 2.75) is 45.0 Å². The van der Waals surface area contributed by atoms with Crippen molar-refractivity contribution in [3.8, 4) is 0 Å². The van der Waals surface area contributed by atoms with Crippen LogP contribution < -0.4 is 5.32 Å². The maximum absolute atomic E-state index is 11.4. The molecule has 0 aromatic rings. The molecule has 0 bridgehead atoms. The highest BCUT2D eigenvalue weighted by Gasteiger charge is 2.44. The Balaban J connectivity index is 2.11. The van der Waals surface area contributed by atoms with E-state index in [-0.39, 0.29) is 12.3 Å². The second-order valence-corrected chi connectivity index (χ2v) is 5.84. The molecule has 2 N–H and O–H groups in total. The summed E-state index contributed by atoms with van der Waals surface area (Å²) in [7, 11) is 0. The topological polar surface area (TPSA) is 65.0 Å². The summed E-state index contributed by atoms with van der Waals surface area (Å²) in [5.41, 5.74) is -0.431. The summed E-state index contributed by atoms with van der Waals surface area (Å²) in [5.74, 6) is 0. The Morgan fingerprint density at radius 3 is 2.84 bits per heavy atom. The third kappa shape index (κ3) is 2.85. The average Bonchev–Trinajstić information content (AvgIpc) is 2.37. The van der Waals surface area contributed by atoms with Crippen LogP contribution in [0, 0.1) is 0 Å². The first-order valence-corrected chi connectivity index (χ1v) is 7.06. The van der Waals surface area contributed by atoms with E-state index < -0.39 is 11.6 Å². The number of morpholine rings is 1. The fourth-order valence-corrected chi connectivity index (χ4v) is 3.14. The number of carbonyl (C=O) groups is 1. The van der Waals surface area contributed by atoms with Crippen molar-refractivity contribution in [2.75, 3.05) is 32.8 Å². The maximum atomic E-state index is 11.4. The highest BCUT2D eigenvalue weighted by molar-refractivity contribution is 5.66. The van der Waals surface area contributed by atoms with Crippen LogP contribution in [-0.4, -0.2) is 71.6 Å². The molecule has 2 unspecified atom stereocenters. The van der Waals surface area contributed by atoms with Crippen LogP contribution in [-0.2, 0) is 4.74 Å². The Hall–Kier alpha value is -0.850. The van der Waals surface area contributed by atoms with Crippen molar-refractivity contribution in [1.29, 1.82) is 0 Å². The quantitative estimate of drug-likeness (QED) is 0.777. The number of amides is 1. The monoisotopic (exact) mass is 271 g/mol. The second kappa shape index (κ2) is 5.64. The second-order valence-electron chi connectivity index (χ2n) is 5.84. The van der Waals surface area contributed by atoms with Gasteiger partial charge in [-0.05, 0) is 20.3 Å². The van der Waals surface area contributed by atoms with Crippen molar-refractivity contribution >= 4 is 6.09 Å². The van der Waals surface area contributed by atoms with E-state index in [1.54, 1.807) is 4.90 Å². The standard InChI is InChI=1S/C13H25N3O3/c1-4-10-9-15(7-8-19-10)11-13(2,3)16(12(17)18)6-5-14-11/h10-11,14H,4-9H2,1-3H3,(H,17,18). The summed E-state index contributed by atoms with van der Waals surface area (Å²) >= 11 is 0. The van der Waals surface area contributed by atoms with Gasteiger partial charge in [-0.15, -0.1) is 0 Å². The SMILES string of the molecule is CCC1CN(C2NCCN(C(=O)O)C2(C)C)CCO1. The molecule has 2 rings (SSSR count). The van der Waals surface area contributed by atoms with E-state index in [1.807, 2.05) is 13.8 Å². The van der Waals surface area contributed by atoms with Crippen LogP contribution >= 0.6 is 0 Å².